The van der Waals surface area contributed by atoms with E-state index >= 15 is 0 Å². The molecule has 0 atom stereocenters. The molecule has 0 aliphatic heterocycles. The van der Waals surface area contributed by atoms with Crippen LogP contribution in [0.4, 0.5) is 23.7 Å². The van der Waals surface area contributed by atoms with E-state index in [1.54, 1.807) is 24.3 Å². The molecule has 0 saturated heterocycles. The number of carbonyl (C=O) groups is 1. The lowest BCUT2D eigenvalue weighted by Crippen LogP contribution is -2.23. The van der Waals surface area contributed by atoms with E-state index in [1.807, 2.05) is 6.92 Å². The summed E-state index contributed by atoms with van der Waals surface area (Å²) in [4.78, 5) is 10.9. The Balaban J connectivity index is 2.43. The second-order valence-corrected chi connectivity index (χ2v) is 3.18. The standard InChI is InChI=1S/C10H10F3NO2/c1-7-2-4-8(5-3-7)14-9(15)16-6-10(11,12)13/h2-5H,6H2,1H3,(H,14,15). The molecule has 6 heteroatoms. The first-order valence-corrected chi connectivity index (χ1v) is 4.44. The molecule has 1 rings (SSSR count). The highest BCUT2D eigenvalue weighted by Gasteiger charge is 2.29. The van der Waals surface area contributed by atoms with Crippen LogP contribution in [0.3, 0.4) is 0 Å². The average molecular weight is 233 g/mol. The van der Waals surface area contributed by atoms with E-state index in [2.05, 4.69) is 10.1 Å². The molecule has 0 heterocycles. The van der Waals surface area contributed by atoms with E-state index in [9.17, 15) is 18.0 Å². The number of hydrogen-bond acceptors (Lipinski definition) is 2. The molecule has 0 radical (unpaired) electrons. The van der Waals surface area contributed by atoms with Crippen molar-refractivity contribution in [2.45, 2.75) is 13.1 Å². The first-order chi connectivity index (χ1) is 7.37. The number of halogens is 3. The van der Waals surface area contributed by atoms with Crippen LogP contribution in [0.25, 0.3) is 0 Å². The third-order valence-corrected chi connectivity index (χ3v) is 1.66. The molecule has 0 aliphatic carbocycles. The van der Waals surface area contributed by atoms with Gasteiger partial charge in [-0.1, -0.05) is 17.7 Å². The molecule has 0 aromatic heterocycles. The topological polar surface area (TPSA) is 38.3 Å². The summed E-state index contributed by atoms with van der Waals surface area (Å²) in [5, 5.41) is 2.18. The van der Waals surface area contributed by atoms with Gasteiger partial charge in [0.1, 0.15) is 0 Å². The van der Waals surface area contributed by atoms with E-state index in [-0.39, 0.29) is 0 Å². The van der Waals surface area contributed by atoms with Gasteiger partial charge in [0.25, 0.3) is 0 Å². The van der Waals surface area contributed by atoms with Gasteiger partial charge in [-0.05, 0) is 19.1 Å². The smallest absolute Gasteiger partial charge is 0.422 e. The zero-order chi connectivity index (χ0) is 12.2. The third-order valence-electron chi connectivity index (χ3n) is 1.66. The first-order valence-electron chi connectivity index (χ1n) is 4.44. The highest BCUT2D eigenvalue weighted by atomic mass is 19.4. The lowest BCUT2D eigenvalue weighted by atomic mass is 10.2. The summed E-state index contributed by atoms with van der Waals surface area (Å²) in [5.41, 5.74) is 1.37. The molecule has 0 aliphatic rings. The quantitative estimate of drug-likeness (QED) is 0.852. The molecule has 3 nitrogen and oxygen atoms in total. The van der Waals surface area contributed by atoms with Gasteiger partial charge in [-0.2, -0.15) is 13.2 Å². The monoisotopic (exact) mass is 233 g/mol. The predicted molar refractivity (Wildman–Crippen MR) is 52.2 cm³/mol. The lowest BCUT2D eigenvalue weighted by Gasteiger charge is -2.09. The van der Waals surface area contributed by atoms with Crippen molar-refractivity contribution in [1.82, 2.24) is 0 Å². The Kier molecular flexibility index (Phi) is 3.76. The largest absolute Gasteiger partial charge is 0.440 e. The minimum atomic E-state index is -4.51. The molecule has 1 amide bonds. The molecule has 16 heavy (non-hydrogen) atoms. The van der Waals surface area contributed by atoms with Crippen molar-refractivity contribution in [2.75, 3.05) is 11.9 Å². The van der Waals surface area contributed by atoms with Crippen molar-refractivity contribution in [1.29, 1.82) is 0 Å². The molecular formula is C10H10F3NO2. The Hall–Kier alpha value is -1.72. The number of rotatable bonds is 2. The van der Waals surface area contributed by atoms with Crippen LogP contribution >= 0.6 is 0 Å². The fraction of sp³-hybridized carbons (Fsp3) is 0.300. The summed E-state index contributed by atoms with van der Waals surface area (Å²) in [5.74, 6) is 0. The molecule has 0 spiro atoms. The summed E-state index contributed by atoms with van der Waals surface area (Å²) in [6, 6.07) is 6.59. The maximum Gasteiger partial charge on any atom is 0.422 e. The molecule has 1 aromatic rings. The van der Waals surface area contributed by atoms with Crippen LogP contribution in [0.15, 0.2) is 24.3 Å². The van der Waals surface area contributed by atoms with E-state index in [0.29, 0.717) is 5.69 Å². The van der Waals surface area contributed by atoms with Crippen LogP contribution in [0, 0.1) is 6.92 Å². The molecule has 0 bridgehead atoms. The van der Waals surface area contributed by atoms with Gasteiger partial charge in [0.15, 0.2) is 6.61 Å². The number of hydrogen-bond donors (Lipinski definition) is 1. The minimum absolute atomic E-state index is 0.387. The summed E-state index contributed by atoms with van der Waals surface area (Å²) in [6.45, 7) is 0.260. The molecule has 1 aromatic carbocycles. The van der Waals surface area contributed by atoms with Crippen LogP contribution in [-0.4, -0.2) is 18.9 Å². The van der Waals surface area contributed by atoms with Gasteiger partial charge in [-0.15, -0.1) is 0 Å². The lowest BCUT2D eigenvalue weighted by molar-refractivity contribution is -0.159. The molecule has 1 N–H and O–H groups in total. The van der Waals surface area contributed by atoms with Crippen molar-refractivity contribution < 1.29 is 22.7 Å². The van der Waals surface area contributed by atoms with Crippen LogP contribution in [-0.2, 0) is 4.74 Å². The normalized spacial score (nSPS) is 11.0. The van der Waals surface area contributed by atoms with Crippen molar-refractivity contribution in [3.8, 4) is 0 Å². The number of nitrogens with one attached hydrogen (secondary N) is 1. The maximum absolute atomic E-state index is 11.7. The summed E-state index contributed by atoms with van der Waals surface area (Å²) in [6.07, 6.45) is -5.63. The SMILES string of the molecule is Cc1ccc(NC(=O)OCC(F)(F)F)cc1. The highest BCUT2D eigenvalue weighted by Crippen LogP contribution is 2.15. The van der Waals surface area contributed by atoms with Crippen molar-refractivity contribution >= 4 is 11.8 Å². The predicted octanol–water partition coefficient (Wildman–Crippen LogP) is 3.11. The van der Waals surface area contributed by atoms with Crippen LogP contribution in [0.1, 0.15) is 5.56 Å². The molecule has 0 unspecified atom stereocenters. The molecular weight excluding hydrogens is 223 g/mol. The summed E-state index contributed by atoms with van der Waals surface area (Å²) in [7, 11) is 0. The Labute approximate surface area is 90.2 Å². The van der Waals surface area contributed by atoms with Crippen LogP contribution < -0.4 is 5.32 Å². The van der Waals surface area contributed by atoms with Crippen molar-refractivity contribution in [2.24, 2.45) is 0 Å². The molecule has 0 fully saturated rings. The minimum Gasteiger partial charge on any atom is -0.440 e. The van der Waals surface area contributed by atoms with Gasteiger partial charge in [0.2, 0.25) is 0 Å². The second kappa shape index (κ2) is 4.87. The second-order valence-electron chi connectivity index (χ2n) is 3.18. The van der Waals surface area contributed by atoms with Crippen LogP contribution in [0.5, 0.6) is 0 Å². The van der Waals surface area contributed by atoms with Gasteiger partial charge < -0.3 is 4.74 Å². The number of anilines is 1. The number of amides is 1. The number of carbonyl (C=O) groups excluding carboxylic acids is 1. The average Bonchev–Trinajstić information content (AvgIpc) is 2.18. The van der Waals surface area contributed by atoms with Gasteiger partial charge in [0.05, 0.1) is 0 Å². The van der Waals surface area contributed by atoms with Crippen molar-refractivity contribution in [3.63, 3.8) is 0 Å². The Bertz CT molecular complexity index is 359. The van der Waals surface area contributed by atoms with Gasteiger partial charge in [-0.25, -0.2) is 4.79 Å². The van der Waals surface area contributed by atoms with E-state index < -0.39 is 18.9 Å². The fourth-order valence-electron chi connectivity index (χ4n) is 0.938. The highest BCUT2D eigenvalue weighted by molar-refractivity contribution is 5.84. The Morgan fingerprint density at radius 1 is 1.31 bits per heavy atom. The number of benzene rings is 1. The fourth-order valence-corrected chi connectivity index (χ4v) is 0.938. The maximum atomic E-state index is 11.7. The third kappa shape index (κ3) is 4.68. The van der Waals surface area contributed by atoms with Crippen LogP contribution in [0.2, 0.25) is 0 Å². The van der Waals surface area contributed by atoms with Gasteiger partial charge >= 0.3 is 12.3 Å². The van der Waals surface area contributed by atoms with Gasteiger partial charge in [-0.3, -0.25) is 5.32 Å². The summed E-state index contributed by atoms with van der Waals surface area (Å²) < 4.78 is 39.1. The molecule has 0 saturated carbocycles. The van der Waals surface area contributed by atoms with E-state index in [1.165, 1.54) is 0 Å². The Morgan fingerprint density at radius 3 is 2.38 bits per heavy atom. The number of alkyl halides is 3. The first kappa shape index (κ1) is 12.4. The Morgan fingerprint density at radius 2 is 1.88 bits per heavy atom. The summed E-state index contributed by atoms with van der Waals surface area (Å²) >= 11 is 0. The van der Waals surface area contributed by atoms with Gasteiger partial charge in [0, 0.05) is 5.69 Å². The van der Waals surface area contributed by atoms with E-state index in [0.717, 1.165) is 5.56 Å². The number of ether oxygens (including phenoxy) is 1. The van der Waals surface area contributed by atoms with Crippen molar-refractivity contribution in [3.05, 3.63) is 29.8 Å². The zero-order valence-electron chi connectivity index (χ0n) is 8.47. The van der Waals surface area contributed by atoms with E-state index in [4.69, 9.17) is 0 Å². The number of aryl methyl sites for hydroxylation is 1. The zero-order valence-corrected chi connectivity index (χ0v) is 8.47. The molecule has 88 valence electrons.